The Morgan fingerprint density at radius 3 is 2.97 bits per heavy atom. The van der Waals surface area contributed by atoms with Crippen LogP contribution in [0.25, 0.3) is 10.9 Å². The van der Waals surface area contributed by atoms with E-state index in [2.05, 4.69) is 62.4 Å². The van der Waals surface area contributed by atoms with E-state index in [-0.39, 0.29) is 6.04 Å². The molecule has 0 amide bonds. The SMILES string of the molecule is CN1CCC[C@H]1COc1nc2c(c(N3CCN[C@@H](CC#N)C3)n1)CCN(c1ccc3[nH]ccc3c1)C2. The van der Waals surface area contributed by atoms with Gasteiger partial charge >= 0.3 is 6.01 Å². The molecule has 36 heavy (non-hydrogen) atoms. The first-order valence-electron chi connectivity index (χ1n) is 13.1. The molecular weight excluding hydrogens is 452 g/mol. The van der Waals surface area contributed by atoms with Crippen molar-refractivity contribution in [3.05, 3.63) is 41.7 Å². The Balaban J connectivity index is 1.29. The smallest absolute Gasteiger partial charge is 0.318 e. The van der Waals surface area contributed by atoms with Crippen molar-refractivity contribution < 1.29 is 4.74 Å². The Hall–Kier alpha value is -3.35. The highest BCUT2D eigenvalue weighted by molar-refractivity contribution is 5.83. The van der Waals surface area contributed by atoms with Crippen LogP contribution in [-0.2, 0) is 13.0 Å². The number of anilines is 2. The highest BCUT2D eigenvalue weighted by Gasteiger charge is 2.29. The normalized spacial score (nSPS) is 22.6. The van der Waals surface area contributed by atoms with Gasteiger partial charge in [0.1, 0.15) is 12.4 Å². The summed E-state index contributed by atoms with van der Waals surface area (Å²) in [5.74, 6) is 0.986. The summed E-state index contributed by atoms with van der Waals surface area (Å²) >= 11 is 0. The van der Waals surface area contributed by atoms with Crippen molar-refractivity contribution in [2.45, 2.75) is 44.3 Å². The minimum atomic E-state index is 0.152. The third kappa shape index (κ3) is 4.59. The van der Waals surface area contributed by atoms with E-state index in [9.17, 15) is 5.26 Å². The number of benzene rings is 1. The van der Waals surface area contributed by atoms with Gasteiger partial charge in [-0.25, -0.2) is 0 Å². The third-order valence-corrected chi connectivity index (χ3v) is 7.89. The molecule has 6 rings (SSSR count). The number of hydrogen-bond acceptors (Lipinski definition) is 8. The zero-order valence-corrected chi connectivity index (χ0v) is 20.9. The number of piperazine rings is 1. The van der Waals surface area contributed by atoms with Crippen molar-refractivity contribution in [2.24, 2.45) is 0 Å². The summed E-state index contributed by atoms with van der Waals surface area (Å²) in [6.07, 6.45) is 5.72. The van der Waals surface area contributed by atoms with Gasteiger partial charge in [0.15, 0.2) is 0 Å². The van der Waals surface area contributed by atoms with E-state index >= 15 is 0 Å². The van der Waals surface area contributed by atoms with Gasteiger partial charge in [-0.15, -0.1) is 0 Å². The standard InChI is InChI=1S/C27H34N8O/c1-33-12-2-3-22(33)18-36-27-31-25-17-34(21-4-5-24-19(15-21)7-10-30-24)13-8-23(25)26(32-27)35-14-11-29-20(16-35)6-9-28/h4-5,7,10,15,20,22,29-30H,2-3,6,8,11-14,16-18H2,1H3/t20-,22-/m0/s1. The molecule has 3 aliphatic rings. The van der Waals surface area contributed by atoms with E-state index in [1.807, 2.05) is 6.20 Å². The minimum Gasteiger partial charge on any atom is -0.462 e. The molecule has 9 nitrogen and oxygen atoms in total. The van der Waals surface area contributed by atoms with Crippen LogP contribution < -0.4 is 19.9 Å². The van der Waals surface area contributed by atoms with Gasteiger partial charge < -0.3 is 29.7 Å². The molecule has 0 saturated carbocycles. The lowest BCUT2D eigenvalue weighted by atomic mass is 10.0. The van der Waals surface area contributed by atoms with Crippen molar-refractivity contribution in [1.82, 2.24) is 25.2 Å². The molecular formula is C27H34N8O. The number of likely N-dealkylation sites (tertiary alicyclic amines) is 1. The van der Waals surface area contributed by atoms with Gasteiger partial charge in [-0.05, 0) is 57.1 Å². The minimum absolute atomic E-state index is 0.152. The summed E-state index contributed by atoms with van der Waals surface area (Å²) < 4.78 is 6.24. The summed E-state index contributed by atoms with van der Waals surface area (Å²) in [4.78, 5) is 20.3. The molecule has 2 aromatic heterocycles. The first-order chi connectivity index (χ1) is 17.7. The summed E-state index contributed by atoms with van der Waals surface area (Å²) in [7, 11) is 2.16. The fourth-order valence-corrected chi connectivity index (χ4v) is 5.80. The molecule has 2 N–H and O–H groups in total. The second-order valence-electron chi connectivity index (χ2n) is 10.2. The molecule has 0 spiro atoms. The lowest BCUT2D eigenvalue weighted by molar-refractivity contribution is 0.187. The average Bonchev–Trinajstić information content (AvgIpc) is 3.55. The maximum Gasteiger partial charge on any atom is 0.318 e. The maximum atomic E-state index is 9.23. The maximum absolute atomic E-state index is 9.23. The Bertz CT molecular complexity index is 1270. The van der Waals surface area contributed by atoms with E-state index in [1.165, 1.54) is 23.1 Å². The van der Waals surface area contributed by atoms with E-state index in [1.54, 1.807) is 0 Å². The van der Waals surface area contributed by atoms with Gasteiger partial charge in [0.2, 0.25) is 0 Å². The molecule has 0 bridgehead atoms. The van der Waals surface area contributed by atoms with Gasteiger partial charge in [-0.3, -0.25) is 0 Å². The number of ether oxygens (including phenoxy) is 1. The monoisotopic (exact) mass is 486 g/mol. The molecule has 0 unspecified atom stereocenters. The third-order valence-electron chi connectivity index (χ3n) is 7.89. The summed E-state index contributed by atoms with van der Waals surface area (Å²) in [6, 6.07) is 12.0. The average molecular weight is 487 g/mol. The summed E-state index contributed by atoms with van der Waals surface area (Å²) in [6.45, 7) is 5.86. The molecule has 5 heterocycles. The lowest BCUT2D eigenvalue weighted by Gasteiger charge is -2.37. The van der Waals surface area contributed by atoms with Crippen molar-refractivity contribution in [1.29, 1.82) is 5.26 Å². The first kappa shape index (κ1) is 23.1. The highest BCUT2D eigenvalue weighted by Crippen LogP contribution is 2.32. The van der Waals surface area contributed by atoms with Crippen molar-refractivity contribution in [2.75, 3.05) is 56.2 Å². The van der Waals surface area contributed by atoms with Crippen molar-refractivity contribution in [3.63, 3.8) is 0 Å². The molecule has 2 saturated heterocycles. The Morgan fingerprint density at radius 2 is 2.11 bits per heavy atom. The van der Waals surface area contributed by atoms with E-state index in [4.69, 9.17) is 14.7 Å². The van der Waals surface area contributed by atoms with E-state index < -0.39 is 0 Å². The number of nitrogens with zero attached hydrogens (tertiary/aromatic N) is 6. The van der Waals surface area contributed by atoms with Gasteiger partial charge in [0, 0.05) is 66.6 Å². The number of likely N-dealkylation sites (N-methyl/N-ethyl adjacent to an activating group) is 1. The van der Waals surface area contributed by atoms with Crippen LogP contribution in [0, 0.1) is 11.3 Å². The Kier molecular flexibility index (Phi) is 6.38. The van der Waals surface area contributed by atoms with Crippen LogP contribution in [0.3, 0.4) is 0 Å². The van der Waals surface area contributed by atoms with Crippen LogP contribution >= 0.6 is 0 Å². The van der Waals surface area contributed by atoms with Gasteiger partial charge in [0.05, 0.1) is 24.7 Å². The second kappa shape index (κ2) is 9.96. The molecule has 2 fully saturated rings. The van der Waals surface area contributed by atoms with Crippen molar-refractivity contribution >= 4 is 22.4 Å². The van der Waals surface area contributed by atoms with Crippen LogP contribution in [0.1, 0.15) is 30.5 Å². The lowest BCUT2D eigenvalue weighted by Crippen LogP contribution is -2.51. The fraction of sp³-hybridized carbons (Fsp3) is 0.519. The first-order valence-corrected chi connectivity index (χ1v) is 13.1. The fourth-order valence-electron chi connectivity index (χ4n) is 5.80. The van der Waals surface area contributed by atoms with Crippen LogP contribution in [0.15, 0.2) is 30.5 Å². The number of fused-ring (bicyclic) bond motifs is 2. The van der Waals surface area contributed by atoms with Crippen LogP contribution in [0.5, 0.6) is 6.01 Å². The molecule has 0 aliphatic carbocycles. The summed E-state index contributed by atoms with van der Waals surface area (Å²) in [5, 5.41) is 13.9. The van der Waals surface area contributed by atoms with Gasteiger partial charge in [-0.1, -0.05) is 0 Å². The van der Waals surface area contributed by atoms with Gasteiger partial charge in [-0.2, -0.15) is 15.2 Å². The zero-order valence-electron chi connectivity index (χ0n) is 20.9. The molecule has 0 radical (unpaired) electrons. The van der Waals surface area contributed by atoms with E-state index in [0.717, 1.165) is 69.1 Å². The number of nitriles is 1. The van der Waals surface area contributed by atoms with Crippen LogP contribution in [0.2, 0.25) is 0 Å². The molecule has 2 atom stereocenters. The predicted molar refractivity (Wildman–Crippen MR) is 140 cm³/mol. The zero-order chi connectivity index (χ0) is 24.5. The van der Waals surface area contributed by atoms with Crippen molar-refractivity contribution in [3.8, 4) is 12.1 Å². The number of nitrogens with one attached hydrogen (secondary N) is 2. The topological polar surface area (TPSA) is 96.3 Å². The molecule has 9 heteroatoms. The molecule has 3 aromatic rings. The number of aromatic nitrogens is 3. The second-order valence-corrected chi connectivity index (χ2v) is 10.2. The Morgan fingerprint density at radius 1 is 1.17 bits per heavy atom. The molecule has 1 aromatic carbocycles. The van der Waals surface area contributed by atoms with Crippen LogP contribution in [-0.4, -0.2) is 78.3 Å². The highest BCUT2D eigenvalue weighted by atomic mass is 16.5. The quantitative estimate of drug-likeness (QED) is 0.549. The number of rotatable bonds is 6. The number of hydrogen-bond donors (Lipinski definition) is 2. The summed E-state index contributed by atoms with van der Waals surface area (Å²) in [5.41, 5.74) is 4.63. The molecule has 188 valence electrons. The molecule has 3 aliphatic heterocycles. The van der Waals surface area contributed by atoms with Crippen LogP contribution in [0.4, 0.5) is 11.5 Å². The Labute approximate surface area is 212 Å². The largest absolute Gasteiger partial charge is 0.462 e. The van der Waals surface area contributed by atoms with E-state index in [0.29, 0.717) is 25.1 Å². The van der Waals surface area contributed by atoms with Gasteiger partial charge in [0.25, 0.3) is 0 Å². The predicted octanol–water partition coefficient (Wildman–Crippen LogP) is 2.69. The number of aromatic amines is 1. The number of H-pyrrole nitrogens is 1.